The molecule has 0 aromatic rings. The van der Waals surface area contributed by atoms with E-state index in [1.807, 2.05) is 0 Å². The molecule has 1 aliphatic heterocycles. The fourth-order valence-electron chi connectivity index (χ4n) is 1.66. The van der Waals surface area contributed by atoms with E-state index in [4.69, 9.17) is 9.47 Å². The first-order valence-corrected chi connectivity index (χ1v) is 6.66. The summed E-state index contributed by atoms with van der Waals surface area (Å²) in [5, 5.41) is 1.04. The fourth-order valence-corrected chi connectivity index (χ4v) is 2.38. The molecule has 1 atom stereocenters. The van der Waals surface area contributed by atoms with Gasteiger partial charge in [-0.1, -0.05) is 29.3 Å². The Morgan fingerprint density at radius 3 is 2.86 bits per heavy atom. The number of ether oxygens (including phenoxy) is 2. The lowest BCUT2D eigenvalue weighted by molar-refractivity contribution is 0.0886. The van der Waals surface area contributed by atoms with Crippen molar-refractivity contribution in [3.8, 4) is 0 Å². The Labute approximate surface area is 95.5 Å². The highest BCUT2D eigenvalue weighted by atomic mass is 79.9. The number of hydrogen-bond acceptors (Lipinski definition) is 2. The summed E-state index contributed by atoms with van der Waals surface area (Å²) in [6.45, 7) is 5.80. The SMILES string of the molecule is CCCCOCCC1(CBr)CCOC1. The van der Waals surface area contributed by atoms with E-state index >= 15 is 0 Å². The van der Waals surface area contributed by atoms with Gasteiger partial charge >= 0.3 is 0 Å². The number of hydrogen-bond donors (Lipinski definition) is 0. The Balaban J connectivity index is 2.08. The van der Waals surface area contributed by atoms with Gasteiger partial charge in [0.1, 0.15) is 0 Å². The van der Waals surface area contributed by atoms with Crippen molar-refractivity contribution in [2.45, 2.75) is 32.6 Å². The van der Waals surface area contributed by atoms with Crippen molar-refractivity contribution in [1.29, 1.82) is 0 Å². The van der Waals surface area contributed by atoms with Gasteiger partial charge in [-0.05, 0) is 19.3 Å². The van der Waals surface area contributed by atoms with E-state index < -0.39 is 0 Å². The molecule has 0 aromatic heterocycles. The van der Waals surface area contributed by atoms with Crippen LogP contribution in [0.3, 0.4) is 0 Å². The lowest BCUT2D eigenvalue weighted by atomic mass is 9.87. The highest BCUT2D eigenvalue weighted by Crippen LogP contribution is 2.34. The smallest absolute Gasteiger partial charge is 0.0532 e. The molecule has 0 amide bonds. The first-order chi connectivity index (χ1) is 6.83. The molecule has 0 radical (unpaired) electrons. The zero-order valence-corrected chi connectivity index (χ0v) is 10.6. The molecule has 0 bridgehead atoms. The summed E-state index contributed by atoms with van der Waals surface area (Å²) in [4.78, 5) is 0. The molecule has 0 N–H and O–H groups in total. The average molecular weight is 265 g/mol. The van der Waals surface area contributed by atoms with Crippen molar-refractivity contribution in [3.05, 3.63) is 0 Å². The highest BCUT2D eigenvalue weighted by Gasteiger charge is 2.33. The number of halogens is 1. The number of alkyl halides is 1. The molecule has 1 heterocycles. The number of unbranched alkanes of at least 4 members (excludes halogenated alkanes) is 1. The van der Waals surface area contributed by atoms with Crippen LogP contribution in [-0.4, -0.2) is 31.8 Å². The van der Waals surface area contributed by atoms with Crippen molar-refractivity contribution < 1.29 is 9.47 Å². The summed E-state index contributed by atoms with van der Waals surface area (Å²) < 4.78 is 11.0. The molecular weight excluding hydrogens is 244 g/mol. The van der Waals surface area contributed by atoms with E-state index in [9.17, 15) is 0 Å². The van der Waals surface area contributed by atoms with E-state index in [0.29, 0.717) is 5.41 Å². The second kappa shape index (κ2) is 6.81. The maximum atomic E-state index is 5.59. The minimum absolute atomic E-state index is 0.353. The van der Waals surface area contributed by atoms with Crippen LogP contribution in [0.4, 0.5) is 0 Å². The first kappa shape index (κ1) is 12.5. The van der Waals surface area contributed by atoms with Crippen molar-refractivity contribution in [3.63, 3.8) is 0 Å². The van der Waals surface area contributed by atoms with Crippen LogP contribution in [-0.2, 0) is 9.47 Å². The van der Waals surface area contributed by atoms with Gasteiger partial charge in [0.25, 0.3) is 0 Å². The Kier molecular flexibility index (Phi) is 6.06. The van der Waals surface area contributed by atoms with E-state index in [0.717, 1.165) is 38.2 Å². The van der Waals surface area contributed by atoms with Gasteiger partial charge in [-0.25, -0.2) is 0 Å². The molecule has 1 unspecified atom stereocenters. The van der Waals surface area contributed by atoms with E-state index in [-0.39, 0.29) is 0 Å². The summed E-state index contributed by atoms with van der Waals surface area (Å²) in [6, 6.07) is 0. The molecule has 0 aromatic carbocycles. The van der Waals surface area contributed by atoms with Crippen LogP contribution >= 0.6 is 15.9 Å². The Bertz CT molecular complexity index is 144. The normalized spacial score (nSPS) is 27.0. The summed E-state index contributed by atoms with van der Waals surface area (Å²) >= 11 is 3.58. The summed E-state index contributed by atoms with van der Waals surface area (Å²) in [5.74, 6) is 0. The Hall–Kier alpha value is 0.400. The largest absolute Gasteiger partial charge is 0.381 e. The lowest BCUT2D eigenvalue weighted by Gasteiger charge is -2.24. The van der Waals surface area contributed by atoms with Crippen LogP contribution in [0.15, 0.2) is 0 Å². The number of rotatable bonds is 7. The van der Waals surface area contributed by atoms with Gasteiger partial charge in [0.15, 0.2) is 0 Å². The van der Waals surface area contributed by atoms with Gasteiger partial charge < -0.3 is 9.47 Å². The minimum Gasteiger partial charge on any atom is -0.381 e. The molecular formula is C11H21BrO2. The lowest BCUT2D eigenvalue weighted by Crippen LogP contribution is -2.25. The molecule has 0 spiro atoms. The quantitative estimate of drug-likeness (QED) is 0.520. The summed E-state index contributed by atoms with van der Waals surface area (Å²) in [7, 11) is 0. The van der Waals surface area contributed by atoms with Gasteiger partial charge in [0.05, 0.1) is 6.61 Å². The topological polar surface area (TPSA) is 18.5 Å². The zero-order valence-electron chi connectivity index (χ0n) is 9.06. The molecule has 0 aliphatic carbocycles. The maximum Gasteiger partial charge on any atom is 0.0532 e. The molecule has 2 nitrogen and oxygen atoms in total. The monoisotopic (exact) mass is 264 g/mol. The van der Waals surface area contributed by atoms with Crippen molar-refractivity contribution in [2.75, 3.05) is 31.8 Å². The van der Waals surface area contributed by atoms with Gasteiger partial charge in [0, 0.05) is 30.6 Å². The summed E-state index contributed by atoms with van der Waals surface area (Å²) in [5.41, 5.74) is 0.353. The standard InChI is InChI=1S/C11H21BrO2/c1-2-3-6-13-7-4-11(9-12)5-8-14-10-11/h2-10H2,1H3. The fraction of sp³-hybridized carbons (Fsp3) is 1.00. The van der Waals surface area contributed by atoms with Gasteiger partial charge in [-0.2, -0.15) is 0 Å². The predicted molar refractivity (Wildman–Crippen MR) is 62.0 cm³/mol. The third-order valence-electron chi connectivity index (χ3n) is 2.89. The van der Waals surface area contributed by atoms with Crippen LogP contribution in [0.1, 0.15) is 32.6 Å². The highest BCUT2D eigenvalue weighted by molar-refractivity contribution is 9.09. The molecule has 0 saturated carbocycles. The van der Waals surface area contributed by atoms with Gasteiger partial charge in [0.2, 0.25) is 0 Å². The molecule has 1 aliphatic rings. The first-order valence-electron chi connectivity index (χ1n) is 5.54. The van der Waals surface area contributed by atoms with Crippen molar-refractivity contribution >= 4 is 15.9 Å². The average Bonchev–Trinajstić information content (AvgIpc) is 2.67. The zero-order chi connectivity index (χ0) is 10.3. The molecule has 1 fully saturated rings. The van der Waals surface area contributed by atoms with Crippen LogP contribution in [0.5, 0.6) is 0 Å². The third-order valence-corrected chi connectivity index (χ3v) is 4.08. The third kappa shape index (κ3) is 3.87. The Morgan fingerprint density at radius 2 is 2.29 bits per heavy atom. The molecule has 1 saturated heterocycles. The Morgan fingerprint density at radius 1 is 1.43 bits per heavy atom. The molecule has 14 heavy (non-hydrogen) atoms. The minimum atomic E-state index is 0.353. The van der Waals surface area contributed by atoms with Crippen LogP contribution < -0.4 is 0 Å². The second-order valence-corrected chi connectivity index (χ2v) is 4.71. The van der Waals surface area contributed by atoms with Crippen LogP contribution in [0.25, 0.3) is 0 Å². The van der Waals surface area contributed by atoms with E-state index in [1.54, 1.807) is 0 Å². The van der Waals surface area contributed by atoms with Crippen molar-refractivity contribution in [2.24, 2.45) is 5.41 Å². The van der Waals surface area contributed by atoms with Crippen LogP contribution in [0.2, 0.25) is 0 Å². The maximum absolute atomic E-state index is 5.59. The second-order valence-electron chi connectivity index (χ2n) is 4.15. The summed E-state index contributed by atoms with van der Waals surface area (Å²) in [6.07, 6.45) is 4.70. The molecule has 1 rings (SSSR count). The van der Waals surface area contributed by atoms with E-state index in [2.05, 4.69) is 22.9 Å². The molecule has 84 valence electrons. The molecule has 3 heteroatoms. The van der Waals surface area contributed by atoms with E-state index in [1.165, 1.54) is 19.3 Å². The van der Waals surface area contributed by atoms with Crippen molar-refractivity contribution in [1.82, 2.24) is 0 Å². The predicted octanol–water partition coefficient (Wildman–Crippen LogP) is 2.99. The van der Waals surface area contributed by atoms with Gasteiger partial charge in [-0.15, -0.1) is 0 Å². The van der Waals surface area contributed by atoms with Crippen LogP contribution in [0, 0.1) is 5.41 Å². The van der Waals surface area contributed by atoms with Gasteiger partial charge in [-0.3, -0.25) is 0 Å².